The molecule has 0 N–H and O–H groups in total. The fourth-order valence-electron chi connectivity index (χ4n) is 4.05. The quantitative estimate of drug-likeness (QED) is 0.278. The maximum atomic E-state index is 14.9. The number of rotatable bonds is 4. The van der Waals surface area contributed by atoms with Gasteiger partial charge in [-0.05, 0) is 12.3 Å². The molecule has 0 heterocycles. The summed E-state index contributed by atoms with van der Waals surface area (Å²) < 4.78 is 29.8. The number of hydrogen-bond donors (Lipinski definition) is 0. The second kappa shape index (κ2) is 12.4. The average molecular weight is 770 g/mol. The van der Waals surface area contributed by atoms with E-state index >= 15 is 0 Å². The summed E-state index contributed by atoms with van der Waals surface area (Å²) in [5, 5.41) is 0. The first-order valence-electron chi connectivity index (χ1n) is 10.6. The minimum atomic E-state index is -2.92. The molecule has 0 aliphatic heterocycles. The maximum absolute atomic E-state index is 14.9. The van der Waals surface area contributed by atoms with E-state index in [4.69, 9.17) is 0 Å². The van der Waals surface area contributed by atoms with Crippen LogP contribution in [0.3, 0.4) is 0 Å². The van der Waals surface area contributed by atoms with Crippen molar-refractivity contribution in [1.29, 1.82) is 0 Å². The summed E-state index contributed by atoms with van der Waals surface area (Å²) in [5.41, 5.74) is 4.49. The Kier molecular flexibility index (Phi) is 11.8. The summed E-state index contributed by atoms with van der Waals surface area (Å²) >= 11 is 0. The molecule has 2 aromatic rings. The Morgan fingerprint density at radius 3 is 2.07 bits per heavy atom. The molecule has 0 nitrogen and oxygen atoms in total. The molecule has 4 heteroatoms. The van der Waals surface area contributed by atoms with Crippen molar-refractivity contribution < 1.29 is 44.4 Å². The monoisotopic (exact) mass is 766 g/mol. The number of hydrogen-bond acceptors (Lipinski definition) is 0. The Morgan fingerprint density at radius 1 is 0.933 bits per heavy atom. The van der Waals surface area contributed by atoms with Crippen molar-refractivity contribution in [1.82, 2.24) is 0 Å². The summed E-state index contributed by atoms with van der Waals surface area (Å²) in [6.45, 7) is 12.0. The van der Waals surface area contributed by atoms with Gasteiger partial charge in [0.05, 0.1) is 0 Å². The molecule has 0 bridgehead atoms. The second-order valence-electron chi connectivity index (χ2n) is 8.14. The van der Waals surface area contributed by atoms with E-state index in [1.54, 1.807) is 13.0 Å². The summed E-state index contributed by atoms with van der Waals surface area (Å²) in [7, 11) is 0. The van der Waals surface area contributed by atoms with Gasteiger partial charge in [-0.15, -0.1) is 11.1 Å². The first-order chi connectivity index (χ1) is 13.3. The number of aryl methyl sites for hydroxylation is 3. The molecule has 1 aliphatic rings. The largest absolute Gasteiger partial charge is 0.245 e. The Hall–Kier alpha value is -1.51. The molecule has 3 rings (SSSR count). The van der Waals surface area contributed by atoms with E-state index in [1.165, 1.54) is 18.4 Å². The molecule has 1 saturated carbocycles. The van der Waals surface area contributed by atoms with Crippen LogP contribution in [0.5, 0.6) is 0 Å². The summed E-state index contributed by atoms with van der Waals surface area (Å²) in [5.74, 6) is -1.63. The summed E-state index contributed by atoms with van der Waals surface area (Å²) in [4.78, 5) is 0. The van der Waals surface area contributed by atoms with Crippen LogP contribution in [0.2, 0.25) is 0 Å². The van der Waals surface area contributed by atoms with Gasteiger partial charge in [0.1, 0.15) is 0 Å². The molecular weight excluding hydrogens is 736 g/mol. The van der Waals surface area contributed by atoms with Crippen molar-refractivity contribution >= 4 is 0 Å². The standard InChI is InChI=1S/C24H28F2.C2H6.Cm.La/c1-16-5-9-21(10-6-16)22-11-12-23(19(4)14-22)24(25,26)15-20-8-7-17(2)18(3)13-20;1-2;;/h8,11,13-14,16,21H,5-6,9-10,15H2,1-4H3;1-2H3;;/q-2;;;. The van der Waals surface area contributed by atoms with Crippen molar-refractivity contribution in [2.75, 3.05) is 0 Å². The molecule has 1 aliphatic carbocycles. The third-order valence-corrected chi connectivity index (χ3v) is 5.91. The summed E-state index contributed by atoms with van der Waals surface area (Å²) in [6.07, 6.45) is 4.46. The van der Waals surface area contributed by atoms with Crippen LogP contribution < -0.4 is 0 Å². The van der Waals surface area contributed by atoms with Crippen molar-refractivity contribution in [2.24, 2.45) is 5.92 Å². The topological polar surface area (TPSA) is 0 Å². The van der Waals surface area contributed by atoms with Gasteiger partial charge in [0.25, 0.3) is 0 Å². The SMILES string of the molecule is CC.Cc1[c-]cc(CC(F)(F)c2[c-]cc(C3CCC(C)CC3)cc2C)cc1C.[Cm].[La]. The van der Waals surface area contributed by atoms with Crippen LogP contribution >= 0.6 is 0 Å². The van der Waals surface area contributed by atoms with Crippen LogP contribution in [0.25, 0.3) is 0 Å². The molecule has 0 aromatic heterocycles. The first kappa shape index (κ1) is 28.5. The molecule has 1 radical (unpaired) electrons. The zero-order valence-corrected chi connectivity index (χ0v) is 25.8. The third-order valence-electron chi connectivity index (χ3n) is 5.91. The minimum Gasteiger partial charge on any atom is -0.205 e. The molecule has 1 fully saturated rings. The van der Waals surface area contributed by atoms with Crippen LogP contribution in [0.1, 0.15) is 85.8 Å². The van der Waals surface area contributed by atoms with Gasteiger partial charge in [-0.2, -0.15) is 53.1 Å². The molecule has 165 valence electrons. The minimum absolute atomic E-state index is 0. The molecule has 0 atom stereocenters. The predicted octanol–water partition coefficient (Wildman–Crippen LogP) is 7.87. The van der Waals surface area contributed by atoms with Crippen LogP contribution in [0.4, 0.5) is 8.78 Å². The van der Waals surface area contributed by atoms with Gasteiger partial charge in [-0.25, -0.2) is 8.78 Å². The average Bonchev–Trinajstić information content (AvgIpc) is 2.66. The third kappa shape index (κ3) is 7.03. The maximum Gasteiger partial charge on any atom is 0.245 e. The fourth-order valence-corrected chi connectivity index (χ4v) is 4.05. The van der Waals surface area contributed by atoms with Gasteiger partial charge in [0.15, 0.2) is 0 Å². The van der Waals surface area contributed by atoms with Crippen molar-refractivity contribution in [3.05, 3.63) is 69.8 Å². The number of benzene rings is 2. The van der Waals surface area contributed by atoms with Crippen LogP contribution in [0.15, 0.2) is 24.3 Å². The van der Waals surface area contributed by atoms with E-state index in [0.717, 1.165) is 29.9 Å². The van der Waals surface area contributed by atoms with Gasteiger partial charge in [-0.1, -0.05) is 78.7 Å². The molecule has 0 amide bonds. The van der Waals surface area contributed by atoms with Crippen molar-refractivity contribution in [3.63, 3.8) is 0 Å². The molecular formula is C26H34CmF2La-2. The van der Waals surface area contributed by atoms with E-state index in [9.17, 15) is 8.78 Å². The molecule has 0 spiro atoms. The Labute approximate surface area is 204 Å². The van der Waals surface area contributed by atoms with Gasteiger partial charge in [0, 0.05) is 35.6 Å². The smallest absolute Gasteiger partial charge is 0.205 e. The normalized spacial score (nSPS) is 18.4. The zero-order valence-electron chi connectivity index (χ0n) is 19.2. The van der Waals surface area contributed by atoms with Gasteiger partial charge in [-0.3, -0.25) is 0 Å². The van der Waals surface area contributed by atoms with Gasteiger partial charge >= 0.3 is 0 Å². The van der Waals surface area contributed by atoms with Crippen LogP contribution in [-0.2, 0) is 12.3 Å². The van der Waals surface area contributed by atoms with Crippen LogP contribution in [0, 0.1) is 74.4 Å². The Balaban J connectivity index is 0.00000204. The first-order valence-corrected chi connectivity index (χ1v) is 10.6. The van der Waals surface area contributed by atoms with E-state index in [0.29, 0.717) is 17.0 Å². The molecule has 2 aromatic carbocycles. The molecule has 30 heavy (non-hydrogen) atoms. The zero-order chi connectivity index (χ0) is 20.9. The van der Waals surface area contributed by atoms with Gasteiger partial charge < -0.3 is 0 Å². The number of alkyl halides is 2. The van der Waals surface area contributed by atoms with Gasteiger partial charge in [0.2, 0.25) is 5.92 Å². The van der Waals surface area contributed by atoms with Crippen LogP contribution in [-0.4, -0.2) is 0 Å². The predicted molar refractivity (Wildman–Crippen MR) is 114 cm³/mol. The molecule has 0 unspecified atom stereocenters. The second-order valence-corrected chi connectivity index (χ2v) is 8.14. The van der Waals surface area contributed by atoms with E-state index < -0.39 is 5.92 Å². The van der Waals surface area contributed by atoms with E-state index in [-0.39, 0.29) is 47.6 Å². The Morgan fingerprint density at radius 2 is 1.53 bits per heavy atom. The van der Waals surface area contributed by atoms with E-state index in [1.807, 2.05) is 45.9 Å². The van der Waals surface area contributed by atoms with Crippen molar-refractivity contribution in [2.45, 2.75) is 85.5 Å². The molecule has 0 saturated heterocycles. The number of halogens is 2. The Bertz CT molecular complexity index is 781. The summed E-state index contributed by atoms with van der Waals surface area (Å²) in [6, 6.07) is 13.3. The fraction of sp³-hybridized carbons (Fsp3) is 0.538. The van der Waals surface area contributed by atoms with Crippen molar-refractivity contribution in [3.8, 4) is 0 Å². The van der Waals surface area contributed by atoms with E-state index in [2.05, 4.69) is 19.1 Å².